The van der Waals surface area contributed by atoms with E-state index >= 15 is 0 Å². The second kappa shape index (κ2) is 5.90. The first-order valence-electron chi connectivity index (χ1n) is 7.00. The summed E-state index contributed by atoms with van der Waals surface area (Å²) in [4.78, 5) is 4.34. The van der Waals surface area contributed by atoms with Gasteiger partial charge in [-0.1, -0.05) is 5.16 Å². The highest BCUT2D eigenvalue weighted by Crippen LogP contribution is 2.20. The van der Waals surface area contributed by atoms with Crippen molar-refractivity contribution >= 4 is 5.82 Å². The maximum absolute atomic E-state index is 5.38. The summed E-state index contributed by atoms with van der Waals surface area (Å²) in [6.07, 6.45) is 4.18. The summed E-state index contributed by atoms with van der Waals surface area (Å²) in [5.41, 5.74) is 0.901. The molecule has 0 unspecified atom stereocenters. The highest BCUT2D eigenvalue weighted by atomic mass is 16.5. The molecular formula is C14H19N5O2. The quantitative estimate of drug-likeness (QED) is 0.906. The normalized spacial score (nSPS) is 14.8. The molecule has 0 aliphatic carbocycles. The third-order valence-corrected chi connectivity index (χ3v) is 3.20. The van der Waals surface area contributed by atoms with Gasteiger partial charge in [0.2, 0.25) is 5.88 Å². The van der Waals surface area contributed by atoms with Crippen LogP contribution in [0.3, 0.4) is 0 Å². The first-order chi connectivity index (χ1) is 10.2. The number of aryl methyl sites for hydroxylation is 1. The smallest absolute Gasteiger partial charge is 0.234 e. The van der Waals surface area contributed by atoms with Crippen LogP contribution in [0, 0.1) is 6.92 Å². The molecule has 21 heavy (non-hydrogen) atoms. The third kappa shape index (κ3) is 3.18. The minimum Gasteiger partial charge on any atom is -0.477 e. The van der Waals surface area contributed by atoms with Gasteiger partial charge in [0, 0.05) is 18.7 Å². The molecule has 0 spiro atoms. The number of aromatic amines is 1. The number of hydrogen-bond acceptors (Lipinski definition) is 6. The van der Waals surface area contributed by atoms with Crippen LogP contribution in [0.4, 0.5) is 5.82 Å². The van der Waals surface area contributed by atoms with Crippen molar-refractivity contribution in [3.63, 3.8) is 0 Å². The highest BCUT2D eigenvalue weighted by molar-refractivity contribution is 5.42. The number of nitrogens with zero attached hydrogens (tertiary/aromatic N) is 4. The van der Waals surface area contributed by atoms with Gasteiger partial charge >= 0.3 is 0 Å². The Hall–Kier alpha value is -2.44. The lowest BCUT2D eigenvalue weighted by atomic mass is 10.3. The standard InChI is InChI=1S/C14H19N5O2/c1-3-20-14-8-13(15-16-14)19-6-4-5-18(10-19)9-12-7-11(2)17-21-12/h4-5,7-8H,3,6,9-10H2,1-2H3,(H,15,16). The van der Waals surface area contributed by atoms with Gasteiger partial charge in [-0.3, -0.25) is 5.10 Å². The zero-order chi connectivity index (χ0) is 14.7. The van der Waals surface area contributed by atoms with Gasteiger partial charge in [-0.2, -0.15) is 0 Å². The molecule has 0 atom stereocenters. The first kappa shape index (κ1) is 13.5. The van der Waals surface area contributed by atoms with E-state index in [1.54, 1.807) is 0 Å². The van der Waals surface area contributed by atoms with Gasteiger partial charge in [0.05, 0.1) is 25.5 Å². The van der Waals surface area contributed by atoms with Crippen LogP contribution in [0.1, 0.15) is 18.4 Å². The van der Waals surface area contributed by atoms with Gasteiger partial charge in [0.1, 0.15) is 5.82 Å². The van der Waals surface area contributed by atoms with Crippen molar-refractivity contribution in [1.29, 1.82) is 0 Å². The highest BCUT2D eigenvalue weighted by Gasteiger charge is 2.16. The molecule has 1 aliphatic heterocycles. The fourth-order valence-corrected chi connectivity index (χ4v) is 2.29. The van der Waals surface area contributed by atoms with E-state index in [4.69, 9.17) is 9.26 Å². The Kier molecular flexibility index (Phi) is 3.81. The Labute approximate surface area is 123 Å². The topological polar surface area (TPSA) is 70.4 Å². The Morgan fingerprint density at radius 1 is 1.43 bits per heavy atom. The molecule has 1 aliphatic rings. The lowest BCUT2D eigenvalue weighted by Gasteiger charge is -2.32. The minimum atomic E-state index is 0.612. The average molecular weight is 289 g/mol. The molecular weight excluding hydrogens is 270 g/mol. The van der Waals surface area contributed by atoms with Crippen molar-refractivity contribution in [3.05, 3.63) is 35.9 Å². The molecule has 0 radical (unpaired) electrons. The molecule has 0 bridgehead atoms. The number of H-pyrrole nitrogens is 1. The van der Waals surface area contributed by atoms with Gasteiger partial charge in [-0.05, 0) is 26.1 Å². The summed E-state index contributed by atoms with van der Waals surface area (Å²) in [5.74, 6) is 2.43. The van der Waals surface area contributed by atoms with Gasteiger partial charge in [-0.15, -0.1) is 5.10 Å². The summed E-state index contributed by atoms with van der Waals surface area (Å²) in [6.45, 7) is 6.76. The zero-order valence-electron chi connectivity index (χ0n) is 12.2. The van der Waals surface area contributed by atoms with Crippen LogP contribution in [-0.2, 0) is 6.54 Å². The van der Waals surface area contributed by atoms with Crippen LogP contribution in [0.2, 0.25) is 0 Å². The average Bonchev–Trinajstić information content (AvgIpc) is 3.09. The van der Waals surface area contributed by atoms with Gasteiger partial charge in [0.15, 0.2) is 5.76 Å². The number of rotatable bonds is 5. The molecule has 2 aromatic heterocycles. The summed E-state index contributed by atoms with van der Waals surface area (Å²) in [5, 5.41) is 11.0. The predicted octanol–water partition coefficient (Wildman–Crippen LogP) is 1.90. The van der Waals surface area contributed by atoms with Crippen LogP contribution in [0.25, 0.3) is 0 Å². The predicted molar refractivity (Wildman–Crippen MR) is 77.9 cm³/mol. The molecule has 0 amide bonds. The SMILES string of the molecule is CCOc1cc(N2CC=CN(Cc3cc(C)no3)C2)[nH]n1. The van der Waals surface area contributed by atoms with Crippen LogP contribution in [0.5, 0.6) is 5.88 Å². The van der Waals surface area contributed by atoms with Gasteiger partial charge in [0.25, 0.3) is 0 Å². The molecule has 1 N–H and O–H groups in total. The Balaban J connectivity index is 1.64. The van der Waals surface area contributed by atoms with E-state index in [1.807, 2.05) is 26.0 Å². The second-order valence-corrected chi connectivity index (χ2v) is 4.95. The van der Waals surface area contributed by atoms with E-state index in [0.717, 1.165) is 30.5 Å². The fraction of sp³-hybridized carbons (Fsp3) is 0.429. The van der Waals surface area contributed by atoms with Crippen molar-refractivity contribution in [2.24, 2.45) is 0 Å². The Bertz CT molecular complexity index is 618. The fourth-order valence-electron chi connectivity index (χ4n) is 2.29. The second-order valence-electron chi connectivity index (χ2n) is 4.95. The van der Waals surface area contributed by atoms with E-state index < -0.39 is 0 Å². The van der Waals surface area contributed by atoms with E-state index in [1.165, 1.54) is 0 Å². The lowest BCUT2D eigenvalue weighted by molar-refractivity contribution is 0.289. The molecule has 0 aromatic carbocycles. The molecule has 0 fully saturated rings. The number of nitrogens with one attached hydrogen (secondary N) is 1. The molecule has 3 rings (SSSR count). The largest absolute Gasteiger partial charge is 0.477 e. The molecule has 3 heterocycles. The lowest BCUT2D eigenvalue weighted by Crippen LogP contribution is -2.38. The van der Waals surface area contributed by atoms with E-state index in [9.17, 15) is 0 Å². The summed E-state index contributed by atoms with van der Waals surface area (Å²) < 4.78 is 10.6. The number of anilines is 1. The van der Waals surface area contributed by atoms with E-state index in [0.29, 0.717) is 19.0 Å². The molecule has 112 valence electrons. The molecule has 7 nitrogen and oxygen atoms in total. The van der Waals surface area contributed by atoms with Crippen LogP contribution < -0.4 is 9.64 Å². The Morgan fingerprint density at radius 2 is 2.33 bits per heavy atom. The van der Waals surface area contributed by atoms with Crippen LogP contribution in [-0.4, -0.2) is 40.1 Å². The van der Waals surface area contributed by atoms with Crippen molar-refractivity contribution in [1.82, 2.24) is 20.3 Å². The molecule has 2 aromatic rings. The number of ether oxygens (including phenoxy) is 1. The summed E-state index contributed by atoms with van der Waals surface area (Å²) in [7, 11) is 0. The summed E-state index contributed by atoms with van der Waals surface area (Å²) in [6, 6.07) is 3.87. The van der Waals surface area contributed by atoms with Gasteiger partial charge in [-0.25, -0.2) is 0 Å². The van der Waals surface area contributed by atoms with Crippen molar-refractivity contribution in [2.75, 3.05) is 24.7 Å². The van der Waals surface area contributed by atoms with Crippen LogP contribution in [0.15, 0.2) is 28.9 Å². The molecule has 0 saturated carbocycles. The third-order valence-electron chi connectivity index (χ3n) is 3.20. The molecule has 7 heteroatoms. The number of aromatic nitrogens is 3. The van der Waals surface area contributed by atoms with E-state index in [2.05, 4.69) is 37.4 Å². The van der Waals surface area contributed by atoms with Crippen molar-refractivity contribution in [2.45, 2.75) is 20.4 Å². The van der Waals surface area contributed by atoms with Crippen molar-refractivity contribution < 1.29 is 9.26 Å². The van der Waals surface area contributed by atoms with Crippen molar-refractivity contribution in [3.8, 4) is 5.88 Å². The Morgan fingerprint density at radius 3 is 3.10 bits per heavy atom. The first-order valence-corrected chi connectivity index (χ1v) is 7.00. The maximum Gasteiger partial charge on any atom is 0.234 e. The van der Waals surface area contributed by atoms with Gasteiger partial charge < -0.3 is 19.1 Å². The molecule has 0 saturated heterocycles. The summed E-state index contributed by atoms with van der Waals surface area (Å²) >= 11 is 0. The maximum atomic E-state index is 5.38. The van der Waals surface area contributed by atoms with E-state index in [-0.39, 0.29) is 0 Å². The zero-order valence-corrected chi connectivity index (χ0v) is 12.2. The minimum absolute atomic E-state index is 0.612. The number of hydrogen-bond donors (Lipinski definition) is 1. The monoisotopic (exact) mass is 289 g/mol. The van der Waals surface area contributed by atoms with Crippen LogP contribution >= 0.6 is 0 Å².